The van der Waals surface area contributed by atoms with Crippen molar-refractivity contribution in [1.82, 2.24) is 0 Å². The zero-order chi connectivity index (χ0) is 26.6. The average Bonchev–Trinajstić information content (AvgIpc) is 2.83. The lowest BCUT2D eigenvalue weighted by Crippen LogP contribution is -2.72. The van der Waals surface area contributed by atoms with Crippen LogP contribution >= 0.6 is 0 Å². The van der Waals surface area contributed by atoms with Crippen molar-refractivity contribution in [2.45, 2.75) is 112 Å². The Labute approximate surface area is 218 Å². The summed E-state index contributed by atoms with van der Waals surface area (Å²) in [5.41, 5.74) is -0.0821. The number of allylic oxidation sites excluding steroid dienone is 2. The summed E-state index contributed by atoms with van der Waals surface area (Å²) in [6, 6.07) is 0. The van der Waals surface area contributed by atoms with E-state index < -0.39 is 34.6 Å². The molecule has 0 spiro atoms. The van der Waals surface area contributed by atoms with E-state index in [-0.39, 0.29) is 34.6 Å². The topological polar surface area (TPSA) is 87.0 Å². The number of carbonyl (C=O) groups excluding carboxylic acids is 1. The molecule has 0 heterocycles. The van der Waals surface area contributed by atoms with E-state index in [9.17, 15) is 20.1 Å². The first-order valence-corrected chi connectivity index (χ1v) is 14.5. The summed E-state index contributed by atoms with van der Waals surface area (Å²) in [7, 11) is 1.55. The highest BCUT2D eigenvalue weighted by atomic mass is 16.5. The zero-order valence-corrected chi connectivity index (χ0v) is 23.8. The first kappa shape index (κ1) is 26.7. The van der Waals surface area contributed by atoms with Crippen molar-refractivity contribution < 1.29 is 24.9 Å². The Bertz CT molecular complexity index is 957. The van der Waals surface area contributed by atoms with Crippen molar-refractivity contribution in [3.63, 3.8) is 0 Å². The fourth-order valence-corrected chi connectivity index (χ4v) is 11.1. The quantitative estimate of drug-likeness (QED) is 0.342. The van der Waals surface area contributed by atoms with Crippen molar-refractivity contribution in [1.29, 1.82) is 0 Å². The highest BCUT2D eigenvalue weighted by Crippen LogP contribution is 2.75. The number of aliphatic hydroxyl groups is 3. The van der Waals surface area contributed by atoms with Gasteiger partial charge in [0.2, 0.25) is 0 Å². The van der Waals surface area contributed by atoms with Gasteiger partial charge in [-0.15, -0.1) is 0 Å². The van der Waals surface area contributed by atoms with Gasteiger partial charge in [0.1, 0.15) is 6.10 Å². The van der Waals surface area contributed by atoms with E-state index >= 15 is 0 Å². The lowest BCUT2D eigenvalue weighted by molar-refractivity contribution is -0.278. The average molecular weight is 503 g/mol. The maximum absolute atomic E-state index is 13.4. The number of carbonyl (C=O) groups is 1. The molecule has 4 saturated carbocycles. The van der Waals surface area contributed by atoms with E-state index in [1.54, 1.807) is 7.11 Å². The van der Waals surface area contributed by atoms with E-state index in [2.05, 4.69) is 54.5 Å². The zero-order valence-electron chi connectivity index (χ0n) is 23.8. The number of methoxy groups -OCH3 is 1. The van der Waals surface area contributed by atoms with E-state index in [0.29, 0.717) is 11.8 Å². The second kappa shape index (κ2) is 8.05. The fraction of sp³-hybridized carbons (Fsp3) is 0.903. The molecule has 12 atom stereocenters. The van der Waals surface area contributed by atoms with Crippen molar-refractivity contribution in [3.05, 3.63) is 11.6 Å². The minimum absolute atomic E-state index is 0.0290. The highest BCUT2D eigenvalue weighted by Gasteiger charge is 2.72. The summed E-state index contributed by atoms with van der Waals surface area (Å²) in [4.78, 5) is 13.4. The molecule has 5 aliphatic carbocycles. The highest BCUT2D eigenvalue weighted by molar-refractivity contribution is 5.78. The molecule has 0 aromatic rings. The van der Waals surface area contributed by atoms with Crippen LogP contribution in [0, 0.1) is 56.7 Å². The molecule has 0 aliphatic heterocycles. The normalized spacial score (nSPS) is 55.8. The minimum Gasteiger partial charge on any atom is -0.469 e. The predicted octanol–water partition coefficient (Wildman–Crippen LogP) is 5.12. The van der Waals surface area contributed by atoms with Crippen LogP contribution in [-0.2, 0) is 9.53 Å². The van der Waals surface area contributed by atoms with Crippen LogP contribution in [0.15, 0.2) is 11.6 Å². The van der Waals surface area contributed by atoms with Crippen LogP contribution in [0.5, 0.6) is 0 Å². The first-order valence-electron chi connectivity index (χ1n) is 14.5. The number of esters is 1. The van der Waals surface area contributed by atoms with Crippen LogP contribution in [0.4, 0.5) is 0 Å². The fourth-order valence-electron chi connectivity index (χ4n) is 11.1. The summed E-state index contributed by atoms with van der Waals surface area (Å²) in [6.07, 6.45) is 6.01. The van der Waals surface area contributed by atoms with Gasteiger partial charge in [-0.3, -0.25) is 4.79 Å². The molecule has 4 fully saturated rings. The van der Waals surface area contributed by atoms with Crippen molar-refractivity contribution in [2.75, 3.05) is 7.11 Å². The van der Waals surface area contributed by atoms with Crippen LogP contribution < -0.4 is 0 Å². The molecule has 0 amide bonds. The van der Waals surface area contributed by atoms with E-state index in [4.69, 9.17) is 4.74 Å². The summed E-state index contributed by atoms with van der Waals surface area (Å²) < 4.78 is 5.47. The Hall–Kier alpha value is -0.910. The number of rotatable bonds is 1. The smallest absolute Gasteiger partial charge is 0.312 e. The van der Waals surface area contributed by atoms with E-state index in [0.717, 1.165) is 44.9 Å². The Morgan fingerprint density at radius 1 is 0.917 bits per heavy atom. The lowest BCUT2D eigenvalue weighted by atomic mass is 9.33. The largest absolute Gasteiger partial charge is 0.469 e. The molecular weight excluding hydrogens is 452 g/mol. The second-order valence-corrected chi connectivity index (χ2v) is 14.9. The predicted molar refractivity (Wildman–Crippen MR) is 140 cm³/mol. The molecule has 0 bridgehead atoms. The second-order valence-electron chi connectivity index (χ2n) is 14.9. The standard InChI is InChI=1S/C31H50O5/c1-17-11-14-31(26(35)36-8)16-15-28(5)19(22(31)18(17)2)9-10-21-29(28,6)13-12-20-27(3,4)24(33)23(32)25(34)30(20,21)7/h9,17-18,20-25,32-34H,10-16H2,1-8H3/t17-,18+,20+,21+,22+,23-,24+,25+,28-,29-,30+,31+/m1/s1. The van der Waals surface area contributed by atoms with Gasteiger partial charge in [-0.1, -0.05) is 60.1 Å². The van der Waals surface area contributed by atoms with Crippen LogP contribution in [0.25, 0.3) is 0 Å². The third kappa shape index (κ3) is 2.92. The summed E-state index contributed by atoms with van der Waals surface area (Å²) in [5, 5.41) is 33.6. The molecule has 0 aromatic carbocycles. The molecule has 0 unspecified atom stereocenters. The monoisotopic (exact) mass is 502 g/mol. The van der Waals surface area contributed by atoms with Gasteiger partial charge < -0.3 is 20.1 Å². The number of hydrogen-bond acceptors (Lipinski definition) is 5. The van der Waals surface area contributed by atoms with Crippen LogP contribution in [0.2, 0.25) is 0 Å². The molecular formula is C31H50O5. The van der Waals surface area contributed by atoms with Gasteiger partial charge in [-0.25, -0.2) is 0 Å². The van der Waals surface area contributed by atoms with Crippen LogP contribution in [0.3, 0.4) is 0 Å². The SMILES string of the molecule is COC(=O)[C@]12CC[C@@H](C)[C@H](C)[C@H]1C1=CC[C@@H]3[C@@]4(C)[C@@H](O)[C@H](O)[C@H](O)C(C)(C)[C@@H]4CC[C@@]3(C)[C@]1(C)CC2. The summed E-state index contributed by atoms with van der Waals surface area (Å²) in [6.45, 7) is 15.9. The minimum atomic E-state index is -1.14. The molecule has 204 valence electrons. The van der Waals surface area contributed by atoms with Crippen molar-refractivity contribution in [2.24, 2.45) is 56.7 Å². The number of hydrogen-bond donors (Lipinski definition) is 3. The third-order valence-corrected chi connectivity index (χ3v) is 13.7. The lowest BCUT2D eigenvalue weighted by Gasteiger charge is -2.72. The maximum Gasteiger partial charge on any atom is 0.312 e. The molecule has 0 saturated heterocycles. The summed E-state index contributed by atoms with van der Waals surface area (Å²) >= 11 is 0. The van der Waals surface area contributed by atoms with Crippen LogP contribution in [0.1, 0.15) is 93.4 Å². The van der Waals surface area contributed by atoms with Gasteiger partial charge in [-0.2, -0.15) is 0 Å². The Morgan fingerprint density at radius 3 is 2.22 bits per heavy atom. The van der Waals surface area contributed by atoms with Crippen molar-refractivity contribution in [3.8, 4) is 0 Å². The van der Waals surface area contributed by atoms with Gasteiger partial charge in [0, 0.05) is 5.41 Å². The number of aliphatic hydroxyl groups excluding tert-OH is 3. The van der Waals surface area contributed by atoms with Gasteiger partial charge in [-0.05, 0) is 90.8 Å². The molecule has 36 heavy (non-hydrogen) atoms. The Kier molecular flexibility index (Phi) is 5.97. The molecule has 5 heteroatoms. The molecule has 5 rings (SSSR count). The van der Waals surface area contributed by atoms with Gasteiger partial charge >= 0.3 is 5.97 Å². The van der Waals surface area contributed by atoms with E-state index in [1.165, 1.54) is 5.57 Å². The molecule has 3 N–H and O–H groups in total. The number of ether oxygens (including phenoxy) is 1. The summed E-state index contributed by atoms with van der Waals surface area (Å²) in [5.74, 6) is 1.45. The van der Waals surface area contributed by atoms with Gasteiger partial charge in [0.05, 0.1) is 24.7 Å². The van der Waals surface area contributed by atoms with Crippen molar-refractivity contribution >= 4 is 5.97 Å². The Balaban J connectivity index is 1.64. The molecule has 5 aliphatic rings. The third-order valence-electron chi connectivity index (χ3n) is 13.7. The molecule has 0 radical (unpaired) electrons. The maximum atomic E-state index is 13.4. The molecule has 0 aromatic heterocycles. The van der Waals surface area contributed by atoms with Gasteiger partial charge in [0.25, 0.3) is 0 Å². The van der Waals surface area contributed by atoms with E-state index in [1.807, 2.05) is 0 Å². The first-order chi connectivity index (χ1) is 16.6. The number of fused-ring (bicyclic) bond motifs is 7. The van der Waals surface area contributed by atoms with Gasteiger partial charge in [0.15, 0.2) is 0 Å². The van der Waals surface area contributed by atoms with Crippen LogP contribution in [-0.4, -0.2) is 46.7 Å². The Morgan fingerprint density at radius 2 is 1.58 bits per heavy atom. The molecule has 5 nitrogen and oxygen atoms in total.